The van der Waals surface area contributed by atoms with Gasteiger partial charge in [0.25, 0.3) is 0 Å². The van der Waals surface area contributed by atoms with E-state index in [1.54, 1.807) is 30.6 Å². The molecule has 2 heterocycles. The molecule has 122 valence electrons. The van der Waals surface area contributed by atoms with Crippen molar-refractivity contribution < 1.29 is 18.3 Å². The van der Waals surface area contributed by atoms with Crippen molar-refractivity contribution in [2.24, 2.45) is 5.92 Å². The van der Waals surface area contributed by atoms with Gasteiger partial charge in [0.2, 0.25) is 0 Å². The Labute approximate surface area is 134 Å². The fraction of sp³-hybridized carbons (Fsp3) is 0.375. The van der Waals surface area contributed by atoms with Gasteiger partial charge in [-0.15, -0.1) is 0 Å². The number of aromatic carboxylic acids is 1. The van der Waals surface area contributed by atoms with Crippen LogP contribution >= 0.6 is 0 Å². The Kier molecular flexibility index (Phi) is 4.21. The average molecular weight is 334 g/mol. The van der Waals surface area contributed by atoms with Crippen molar-refractivity contribution in [2.45, 2.75) is 19.4 Å². The summed E-state index contributed by atoms with van der Waals surface area (Å²) < 4.78 is 25.0. The van der Waals surface area contributed by atoms with E-state index < -0.39 is 15.8 Å². The number of carbonyl (C=O) groups is 1. The molecule has 1 saturated heterocycles. The number of hydrogen-bond acceptors (Lipinski definition) is 4. The highest BCUT2D eigenvalue weighted by molar-refractivity contribution is 7.91. The van der Waals surface area contributed by atoms with Gasteiger partial charge in [0.05, 0.1) is 17.1 Å². The van der Waals surface area contributed by atoms with Crippen LogP contribution in [0, 0.1) is 5.92 Å². The van der Waals surface area contributed by atoms with Gasteiger partial charge in [-0.3, -0.25) is 0 Å². The fourth-order valence-corrected chi connectivity index (χ4v) is 4.88. The van der Waals surface area contributed by atoms with Crippen LogP contribution in [0.5, 0.6) is 0 Å². The standard InChI is InChI=1S/C16H18N2O4S/c19-16(20)14-4-2-1-3-13(14)10-18-7-6-17-15(18)9-12-5-8-23(21,22)11-12/h1-4,6-7,12H,5,8-11H2,(H,19,20). The summed E-state index contributed by atoms with van der Waals surface area (Å²) in [5.41, 5.74) is 0.980. The van der Waals surface area contributed by atoms with E-state index in [1.165, 1.54) is 0 Å². The smallest absolute Gasteiger partial charge is 0.336 e. The summed E-state index contributed by atoms with van der Waals surface area (Å²) in [5, 5.41) is 9.26. The van der Waals surface area contributed by atoms with Crippen molar-refractivity contribution in [1.29, 1.82) is 0 Å². The maximum atomic E-state index is 11.6. The van der Waals surface area contributed by atoms with Crippen molar-refractivity contribution in [3.05, 3.63) is 53.6 Å². The zero-order chi connectivity index (χ0) is 16.4. The van der Waals surface area contributed by atoms with Gasteiger partial charge in [0.1, 0.15) is 5.82 Å². The summed E-state index contributed by atoms with van der Waals surface area (Å²) in [5.74, 6) is 0.401. The largest absolute Gasteiger partial charge is 0.478 e. The van der Waals surface area contributed by atoms with Gasteiger partial charge < -0.3 is 9.67 Å². The van der Waals surface area contributed by atoms with E-state index >= 15 is 0 Å². The minimum absolute atomic E-state index is 0.0934. The van der Waals surface area contributed by atoms with Crippen molar-refractivity contribution in [1.82, 2.24) is 9.55 Å². The van der Waals surface area contributed by atoms with E-state index in [2.05, 4.69) is 4.98 Å². The summed E-state index contributed by atoms with van der Waals surface area (Å²) in [6.45, 7) is 0.414. The van der Waals surface area contributed by atoms with E-state index in [0.29, 0.717) is 24.9 Å². The Morgan fingerprint density at radius 2 is 2.13 bits per heavy atom. The van der Waals surface area contributed by atoms with Crippen molar-refractivity contribution >= 4 is 15.8 Å². The quantitative estimate of drug-likeness (QED) is 0.897. The maximum absolute atomic E-state index is 11.6. The lowest BCUT2D eigenvalue weighted by Crippen LogP contribution is -2.13. The molecule has 1 fully saturated rings. The molecule has 0 amide bonds. The summed E-state index contributed by atoms with van der Waals surface area (Å²) in [7, 11) is -2.90. The van der Waals surface area contributed by atoms with E-state index in [9.17, 15) is 18.3 Å². The Bertz CT molecular complexity index is 826. The van der Waals surface area contributed by atoms with Gasteiger partial charge in [-0.05, 0) is 24.0 Å². The number of imidazole rings is 1. The molecule has 0 aliphatic carbocycles. The van der Waals surface area contributed by atoms with Gasteiger partial charge in [-0.2, -0.15) is 0 Å². The number of aromatic nitrogens is 2. The minimum Gasteiger partial charge on any atom is -0.478 e. The third-order valence-corrected chi connectivity index (χ3v) is 6.03. The average Bonchev–Trinajstić information content (AvgIpc) is 3.06. The van der Waals surface area contributed by atoms with Crippen LogP contribution in [0.15, 0.2) is 36.7 Å². The molecule has 1 aliphatic heterocycles. The molecule has 3 rings (SSSR count). The molecule has 1 N–H and O–H groups in total. The van der Waals surface area contributed by atoms with Crippen molar-refractivity contribution in [3.8, 4) is 0 Å². The van der Waals surface area contributed by atoms with Crippen molar-refractivity contribution in [2.75, 3.05) is 11.5 Å². The van der Waals surface area contributed by atoms with Crippen LogP contribution < -0.4 is 0 Å². The zero-order valence-corrected chi connectivity index (χ0v) is 13.4. The lowest BCUT2D eigenvalue weighted by atomic mass is 10.0. The first-order chi connectivity index (χ1) is 10.9. The SMILES string of the molecule is O=C(O)c1ccccc1Cn1ccnc1CC1CCS(=O)(=O)C1. The first kappa shape index (κ1) is 15.7. The highest BCUT2D eigenvalue weighted by Gasteiger charge is 2.28. The van der Waals surface area contributed by atoms with Crippen LogP contribution in [0.4, 0.5) is 0 Å². The van der Waals surface area contributed by atoms with Gasteiger partial charge in [-0.25, -0.2) is 18.2 Å². The molecule has 0 saturated carbocycles. The third kappa shape index (κ3) is 3.61. The molecule has 1 aliphatic rings. The van der Waals surface area contributed by atoms with E-state index in [0.717, 1.165) is 5.82 Å². The highest BCUT2D eigenvalue weighted by Crippen LogP contribution is 2.22. The number of sulfone groups is 1. The lowest BCUT2D eigenvalue weighted by molar-refractivity contribution is 0.0695. The number of carboxylic acid groups (broad SMARTS) is 1. The van der Waals surface area contributed by atoms with Gasteiger partial charge in [0, 0.05) is 25.4 Å². The topological polar surface area (TPSA) is 89.3 Å². The number of rotatable bonds is 5. The number of nitrogens with zero attached hydrogens (tertiary/aromatic N) is 2. The molecule has 0 bridgehead atoms. The maximum Gasteiger partial charge on any atom is 0.336 e. The van der Waals surface area contributed by atoms with E-state index in [1.807, 2.05) is 10.6 Å². The summed E-state index contributed by atoms with van der Waals surface area (Å²) in [6, 6.07) is 6.87. The van der Waals surface area contributed by atoms with E-state index in [4.69, 9.17) is 0 Å². The molecule has 6 nitrogen and oxygen atoms in total. The molecule has 2 aromatic rings. The Morgan fingerprint density at radius 3 is 2.83 bits per heavy atom. The molecule has 1 unspecified atom stereocenters. The molecule has 1 aromatic carbocycles. The number of benzene rings is 1. The van der Waals surface area contributed by atoms with Gasteiger partial charge in [0.15, 0.2) is 9.84 Å². The Hall–Kier alpha value is -2.15. The first-order valence-electron chi connectivity index (χ1n) is 7.46. The van der Waals surface area contributed by atoms with Crippen LogP contribution in [0.25, 0.3) is 0 Å². The number of hydrogen-bond donors (Lipinski definition) is 1. The third-order valence-electron chi connectivity index (χ3n) is 4.19. The predicted octanol–water partition coefficient (Wildman–Crippen LogP) is 1.61. The second-order valence-electron chi connectivity index (χ2n) is 5.91. The molecular formula is C16H18N2O4S. The van der Waals surface area contributed by atoms with Crippen molar-refractivity contribution in [3.63, 3.8) is 0 Å². The molecule has 0 radical (unpaired) electrons. The highest BCUT2D eigenvalue weighted by atomic mass is 32.2. The van der Waals surface area contributed by atoms with Crippen LogP contribution in [0.2, 0.25) is 0 Å². The number of carboxylic acids is 1. The molecule has 23 heavy (non-hydrogen) atoms. The summed E-state index contributed by atoms with van der Waals surface area (Å²) in [6.07, 6.45) is 4.74. The van der Waals surface area contributed by atoms with Gasteiger partial charge >= 0.3 is 5.97 Å². The van der Waals surface area contributed by atoms with E-state index in [-0.39, 0.29) is 23.0 Å². The first-order valence-corrected chi connectivity index (χ1v) is 9.28. The second-order valence-corrected chi connectivity index (χ2v) is 8.14. The predicted molar refractivity (Wildman–Crippen MR) is 85.2 cm³/mol. The molecule has 1 aromatic heterocycles. The fourth-order valence-electron chi connectivity index (χ4n) is 3.02. The van der Waals surface area contributed by atoms with Crippen LogP contribution in [-0.2, 0) is 22.8 Å². The summed E-state index contributed by atoms with van der Waals surface area (Å²) in [4.78, 5) is 15.6. The van der Waals surface area contributed by atoms with Gasteiger partial charge in [-0.1, -0.05) is 18.2 Å². The summed E-state index contributed by atoms with van der Waals surface area (Å²) >= 11 is 0. The Morgan fingerprint density at radius 1 is 1.35 bits per heavy atom. The van der Waals surface area contributed by atoms with Crippen LogP contribution in [0.3, 0.4) is 0 Å². The molecule has 0 spiro atoms. The van der Waals surface area contributed by atoms with Crippen LogP contribution in [-0.4, -0.2) is 40.6 Å². The lowest BCUT2D eigenvalue weighted by Gasteiger charge is -2.12. The molecular weight excluding hydrogens is 316 g/mol. The molecule has 1 atom stereocenters. The monoisotopic (exact) mass is 334 g/mol. The molecule has 7 heteroatoms. The van der Waals surface area contributed by atoms with Crippen LogP contribution in [0.1, 0.15) is 28.2 Å². The zero-order valence-electron chi connectivity index (χ0n) is 12.6. The second kappa shape index (κ2) is 6.16. The minimum atomic E-state index is -2.90. The Balaban J connectivity index is 1.78. The normalized spacial score (nSPS) is 19.7.